The summed E-state index contributed by atoms with van der Waals surface area (Å²) >= 11 is 0. The third-order valence-corrected chi connectivity index (χ3v) is 5.28. The minimum atomic E-state index is -0.686. The average Bonchev–Trinajstić information content (AvgIpc) is 2.71. The number of allylic oxidation sites excluding steroid dienone is 4. The molecule has 0 bridgehead atoms. The Hall–Kier alpha value is -2.42. The van der Waals surface area contributed by atoms with Crippen LogP contribution in [0.4, 0.5) is 4.39 Å². The van der Waals surface area contributed by atoms with Gasteiger partial charge in [-0.15, -0.1) is 0 Å². The van der Waals surface area contributed by atoms with Crippen LogP contribution >= 0.6 is 0 Å². The molecule has 1 N–H and O–H groups in total. The molecule has 2 rings (SSSR count). The average molecular weight is 428 g/mol. The lowest BCUT2D eigenvalue weighted by Crippen LogP contribution is -2.60. The van der Waals surface area contributed by atoms with E-state index in [-0.39, 0.29) is 11.7 Å². The molecule has 1 aliphatic heterocycles. The Morgan fingerprint density at radius 1 is 1.26 bits per heavy atom. The van der Waals surface area contributed by atoms with E-state index in [9.17, 15) is 9.18 Å². The van der Waals surface area contributed by atoms with Crippen molar-refractivity contribution in [3.63, 3.8) is 0 Å². The molecule has 0 aliphatic carbocycles. The molecule has 5 heteroatoms. The number of hydrogen-bond acceptors (Lipinski definition) is 3. The molecule has 0 radical (unpaired) electrons. The Labute approximate surface area is 185 Å². The number of ether oxygens (including phenoxy) is 2. The van der Waals surface area contributed by atoms with Crippen molar-refractivity contribution < 1.29 is 18.7 Å². The first kappa shape index (κ1) is 24.8. The first-order chi connectivity index (χ1) is 14.7. The van der Waals surface area contributed by atoms with Crippen LogP contribution in [0.5, 0.6) is 0 Å². The Balaban J connectivity index is 2.00. The van der Waals surface area contributed by atoms with Crippen LogP contribution in [0.3, 0.4) is 0 Å². The van der Waals surface area contributed by atoms with E-state index < -0.39 is 11.3 Å². The first-order valence-electron chi connectivity index (χ1n) is 10.8. The van der Waals surface area contributed by atoms with Crippen molar-refractivity contribution >= 4 is 5.91 Å². The van der Waals surface area contributed by atoms with E-state index in [0.717, 1.165) is 12.8 Å². The van der Waals surface area contributed by atoms with E-state index in [1.807, 2.05) is 39.8 Å². The van der Waals surface area contributed by atoms with E-state index in [1.165, 1.54) is 18.6 Å². The molecule has 1 saturated heterocycles. The lowest BCUT2D eigenvalue weighted by molar-refractivity contribution is -0.271. The summed E-state index contributed by atoms with van der Waals surface area (Å²) in [6.45, 7) is 9.80. The Morgan fingerprint density at radius 2 is 1.97 bits per heavy atom. The minimum Gasteiger partial charge on any atom is -0.348 e. The van der Waals surface area contributed by atoms with Crippen molar-refractivity contribution in [1.82, 2.24) is 5.32 Å². The summed E-state index contributed by atoms with van der Waals surface area (Å²) in [4.78, 5) is 11.7. The summed E-state index contributed by atoms with van der Waals surface area (Å²) in [5.41, 5.74) is 1.83. The molecule has 4 nitrogen and oxygen atoms in total. The summed E-state index contributed by atoms with van der Waals surface area (Å²) in [6, 6.07) is 5.09. The van der Waals surface area contributed by atoms with Crippen LogP contribution < -0.4 is 5.32 Å². The second-order valence-corrected chi connectivity index (χ2v) is 8.41. The molecule has 1 heterocycles. The zero-order valence-corrected chi connectivity index (χ0v) is 19.3. The number of benzene rings is 1. The van der Waals surface area contributed by atoms with Gasteiger partial charge in [0.15, 0.2) is 5.79 Å². The molecule has 0 unspecified atom stereocenters. The molecule has 1 aromatic carbocycles. The fourth-order valence-corrected chi connectivity index (χ4v) is 3.47. The molecule has 0 aromatic heterocycles. The highest BCUT2D eigenvalue weighted by atomic mass is 19.1. The van der Waals surface area contributed by atoms with Gasteiger partial charge in [-0.1, -0.05) is 41.7 Å². The van der Waals surface area contributed by atoms with Crippen LogP contribution in [0.1, 0.15) is 65.0 Å². The molecule has 1 fully saturated rings. The Bertz CT molecular complexity index is 880. The maximum absolute atomic E-state index is 14.7. The lowest BCUT2D eigenvalue weighted by Gasteiger charge is -2.43. The number of rotatable bonds is 7. The van der Waals surface area contributed by atoms with Crippen molar-refractivity contribution in [2.45, 2.75) is 71.6 Å². The summed E-state index contributed by atoms with van der Waals surface area (Å²) in [7, 11) is 0. The quantitative estimate of drug-likeness (QED) is 0.488. The maximum Gasteiger partial charge on any atom is 0.217 e. The summed E-state index contributed by atoms with van der Waals surface area (Å²) in [6.07, 6.45) is 8.74. The van der Waals surface area contributed by atoms with Gasteiger partial charge in [0.25, 0.3) is 0 Å². The Morgan fingerprint density at radius 3 is 2.55 bits per heavy atom. The molecule has 1 aliphatic rings. The zero-order valence-electron chi connectivity index (χ0n) is 19.3. The number of carbonyl (C=O) groups excluding carboxylic acids is 1. The highest BCUT2D eigenvalue weighted by Crippen LogP contribution is 2.27. The number of nitrogens with one attached hydrogen (secondary N) is 1. The largest absolute Gasteiger partial charge is 0.348 e. The fraction of sp³-hybridized carbons (Fsp3) is 0.500. The third kappa shape index (κ3) is 7.97. The molecule has 0 spiro atoms. The van der Waals surface area contributed by atoms with E-state index in [1.54, 1.807) is 6.07 Å². The standard InChI is InChI=1S/C26H34FNO3/c1-6-10-21(7-2)11-8-9-12-22-13-14-23(24(27)17-22)15-16-26(28-20(3)29)18-30-25(4,5)31-19-26/h6-7,10,13-14,17H,8,11,15-16,18-19H2,1-5H3,(H,28,29)/b10-6-,21-7+. The van der Waals surface area contributed by atoms with Crippen LogP contribution in [0.15, 0.2) is 42.0 Å². The van der Waals surface area contributed by atoms with Gasteiger partial charge < -0.3 is 14.8 Å². The molecule has 31 heavy (non-hydrogen) atoms. The van der Waals surface area contributed by atoms with E-state index in [0.29, 0.717) is 37.2 Å². The molecule has 1 aromatic rings. The van der Waals surface area contributed by atoms with Gasteiger partial charge in [-0.05, 0) is 64.7 Å². The predicted molar refractivity (Wildman–Crippen MR) is 122 cm³/mol. The molecule has 0 saturated carbocycles. The zero-order chi connectivity index (χ0) is 22.9. The summed E-state index contributed by atoms with van der Waals surface area (Å²) in [5.74, 6) is 5.03. The maximum atomic E-state index is 14.7. The van der Waals surface area contributed by atoms with Gasteiger partial charge in [-0.25, -0.2) is 4.39 Å². The summed E-state index contributed by atoms with van der Waals surface area (Å²) < 4.78 is 26.2. The van der Waals surface area contributed by atoms with E-state index in [2.05, 4.69) is 29.3 Å². The molecular weight excluding hydrogens is 393 g/mol. The van der Waals surface area contributed by atoms with Gasteiger partial charge in [-0.2, -0.15) is 0 Å². The smallest absolute Gasteiger partial charge is 0.217 e. The number of amides is 1. The van der Waals surface area contributed by atoms with Crippen LogP contribution in [-0.2, 0) is 20.7 Å². The van der Waals surface area contributed by atoms with Gasteiger partial charge in [-0.3, -0.25) is 4.79 Å². The SMILES string of the molecule is C/C=C\C(=C/C)CCC#Cc1ccc(CCC2(NC(C)=O)COC(C)(C)OC2)c(F)c1. The van der Waals surface area contributed by atoms with Crippen molar-refractivity contribution in [3.8, 4) is 11.8 Å². The second kappa shape index (κ2) is 11.3. The van der Waals surface area contributed by atoms with Crippen molar-refractivity contribution in [1.29, 1.82) is 0 Å². The highest BCUT2D eigenvalue weighted by Gasteiger charge is 2.40. The second-order valence-electron chi connectivity index (χ2n) is 8.41. The number of carbonyl (C=O) groups is 1. The Kier molecular flexibility index (Phi) is 9.03. The van der Waals surface area contributed by atoms with Gasteiger partial charge in [0.2, 0.25) is 5.91 Å². The van der Waals surface area contributed by atoms with Crippen LogP contribution in [-0.4, -0.2) is 30.4 Å². The van der Waals surface area contributed by atoms with Crippen LogP contribution in [0.2, 0.25) is 0 Å². The third-order valence-electron chi connectivity index (χ3n) is 5.28. The van der Waals surface area contributed by atoms with Crippen molar-refractivity contribution in [3.05, 3.63) is 58.9 Å². The molecular formula is C26H34FNO3. The van der Waals surface area contributed by atoms with Gasteiger partial charge in [0.1, 0.15) is 5.82 Å². The molecule has 168 valence electrons. The first-order valence-corrected chi connectivity index (χ1v) is 10.8. The fourth-order valence-electron chi connectivity index (χ4n) is 3.47. The summed E-state index contributed by atoms with van der Waals surface area (Å²) in [5, 5.41) is 2.95. The number of halogens is 1. The minimum absolute atomic E-state index is 0.159. The van der Waals surface area contributed by atoms with Crippen LogP contribution in [0.25, 0.3) is 0 Å². The molecule has 1 amide bonds. The molecule has 0 atom stereocenters. The number of aryl methyl sites for hydroxylation is 1. The van der Waals surface area contributed by atoms with Gasteiger partial charge >= 0.3 is 0 Å². The topological polar surface area (TPSA) is 47.6 Å². The van der Waals surface area contributed by atoms with E-state index >= 15 is 0 Å². The highest BCUT2D eigenvalue weighted by molar-refractivity contribution is 5.73. The predicted octanol–water partition coefficient (Wildman–Crippen LogP) is 5.07. The van der Waals surface area contributed by atoms with Crippen molar-refractivity contribution in [2.24, 2.45) is 0 Å². The van der Waals surface area contributed by atoms with Crippen LogP contribution in [0, 0.1) is 17.7 Å². The van der Waals surface area contributed by atoms with Crippen molar-refractivity contribution in [2.75, 3.05) is 13.2 Å². The normalized spacial score (nSPS) is 17.8. The van der Waals surface area contributed by atoms with Gasteiger partial charge in [0.05, 0.1) is 18.8 Å². The number of hydrogen-bond donors (Lipinski definition) is 1. The van der Waals surface area contributed by atoms with E-state index in [4.69, 9.17) is 9.47 Å². The monoisotopic (exact) mass is 427 g/mol. The van der Waals surface area contributed by atoms with Gasteiger partial charge in [0, 0.05) is 18.9 Å². The lowest BCUT2D eigenvalue weighted by atomic mass is 9.91.